The number of carbonyl (C=O) groups is 1. The Labute approximate surface area is 101 Å². The summed E-state index contributed by atoms with van der Waals surface area (Å²) in [6.07, 6.45) is 9.20. The molecule has 0 fully saturated rings. The van der Waals surface area contributed by atoms with E-state index in [0.29, 0.717) is 0 Å². The van der Waals surface area contributed by atoms with E-state index in [1.54, 1.807) is 11.3 Å². The highest BCUT2D eigenvalue weighted by Crippen LogP contribution is 2.24. The summed E-state index contributed by atoms with van der Waals surface area (Å²) >= 11 is 1.61. The molecule has 1 nitrogen and oxygen atoms in total. The van der Waals surface area contributed by atoms with Gasteiger partial charge in [0.15, 0.2) is 5.78 Å². The third kappa shape index (κ3) is 2.82. The van der Waals surface area contributed by atoms with Gasteiger partial charge < -0.3 is 0 Å². The summed E-state index contributed by atoms with van der Waals surface area (Å²) in [6.45, 7) is 2.05. The van der Waals surface area contributed by atoms with Gasteiger partial charge in [0.1, 0.15) is 0 Å². The molecule has 1 heterocycles. The molecular formula is C14H18OS. The summed E-state index contributed by atoms with van der Waals surface area (Å²) in [7, 11) is 0. The lowest BCUT2D eigenvalue weighted by Crippen LogP contribution is -2.03. The van der Waals surface area contributed by atoms with Crippen LogP contribution in [0.1, 0.15) is 53.1 Å². The van der Waals surface area contributed by atoms with Crippen molar-refractivity contribution in [3.05, 3.63) is 33.5 Å². The fourth-order valence-electron chi connectivity index (χ4n) is 2.11. The van der Waals surface area contributed by atoms with Gasteiger partial charge in [-0.15, -0.1) is 11.3 Å². The SMILES string of the molecule is Cc1ccc(C(=O)/C2=C/CCCCCC2)s1. The molecule has 2 rings (SSSR count). The second-order valence-corrected chi connectivity index (χ2v) is 5.71. The lowest BCUT2D eigenvalue weighted by atomic mass is 9.97. The Bertz CT molecular complexity index is 401. The Morgan fingerprint density at radius 2 is 2.00 bits per heavy atom. The van der Waals surface area contributed by atoms with E-state index in [1.807, 2.05) is 19.1 Å². The van der Waals surface area contributed by atoms with Gasteiger partial charge in [0.2, 0.25) is 0 Å². The lowest BCUT2D eigenvalue weighted by Gasteiger charge is -2.09. The number of rotatable bonds is 2. The second-order valence-electron chi connectivity index (χ2n) is 4.42. The van der Waals surface area contributed by atoms with Crippen LogP contribution >= 0.6 is 11.3 Å². The molecule has 2 heteroatoms. The van der Waals surface area contributed by atoms with Crippen LogP contribution in [0.2, 0.25) is 0 Å². The lowest BCUT2D eigenvalue weighted by molar-refractivity contribution is 0.103. The van der Waals surface area contributed by atoms with E-state index in [2.05, 4.69) is 6.08 Å². The topological polar surface area (TPSA) is 17.1 Å². The van der Waals surface area contributed by atoms with Gasteiger partial charge in [-0.05, 0) is 50.3 Å². The molecule has 0 radical (unpaired) electrons. The van der Waals surface area contributed by atoms with Crippen LogP contribution in [0.5, 0.6) is 0 Å². The average Bonchev–Trinajstić information content (AvgIpc) is 2.63. The third-order valence-corrected chi connectivity index (χ3v) is 4.05. The van der Waals surface area contributed by atoms with Gasteiger partial charge in [-0.25, -0.2) is 0 Å². The van der Waals surface area contributed by atoms with Gasteiger partial charge in [0.25, 0.3) is 0 Å². The Balaban J connectivity index is 2.13. The summed E-state index contributed by atoms with van der Waals surface area (Å²) in [5.41, 5.74) is 1.04. The fraction of sp³-hybridized carbons (Fsp3) is 0.500. The molecule has 0 N–H and O–H groups in total. The largest absolute Gasteiger partial charge is 0.288 e. The highest BCUT2D eigenvalue weighted by atomic mass is 32.1. The van der Waals surface area contributed by atoms with Crippen molar-refractivity contribution in [2.75, 3.05) is 0 Å². The minimum Gasteiger partial charge on any atom is -0.288 e. The molecule has 0 spiro atoms. The molecule has 0 atom stereocenters. The smallest absolute Gasteiger partial charge is 0.198 e. The van der Waals surface area contributed by atoms with Gasteiger partial charge in [-0.2, -0.15) is 0 Å². The van der Waals surface area contributed by atoms with Crippen molar-refractivity contribution < 1.29 is 4.79 Å². The first-order valence-corrected chi connectivity index (χ1v) is 6.89. The van der Waals surface area contributed by atoms with Gasteiger partial charge in [0, 0.05) is 4.88 Å². The van der Waals surface area contributed by atoms with E-state index < -0.39 is 0 Å². The van der Waals surface area contributed by atoms with Crippen LogP contribution in [0, 0.1) is 6.92 Å². The maximum absolute atomic E-state index is 12.2. The molecule has 1 aromatic heterocycles. The number of ketones is 1. The number of allylic oxidation sites excluding steroid dienone is 2. The van der Waals surface area contributed by atoms with Crippen LogP contribution in [0.25, 0.3) is 0 Å². The normalized spacial score (nSPS) is 20.7. The minimum absolute atomic E-state index is 0.264. The van der Waals surface area contributed by atoms with Crippen molar-refractivity contribution in [2.45, 2.75) is 45.4 Å². The Morgan fingerprint density at radius 1 is 1.19 bits per heavy atom. The standard InChI is InChI=1S/C14H18OS/c1-11-9-10-13(16-11)14(15)12-7-5-3-2-4-6-8-12/h7,9-10H,2-6,8H2,1H3/b12-7+. The predicted octanol–water partition coefficient (Wildman–Crippen LogP) is 4.52. The summed E-state index contributed by atoms with van der Waals surface area (Å²) < 4.78 is 0. The first-order valence-electron chi connectivity index (χ1n) is 6.07. The van der Waals surface area contributed by atoms with Gasteiger partial charge in [0.05, 0.1) is 4.88 Å². The molecule has 0 aromatic carbocycles. The first kappa shape index (κ1) is 11.6. The van der Waals surface area contributed by atoms with Crippen LogP contribution < -0.4 is 0 Å². The maximum Gasteiger partial charge on any atom is 0.198 e. The molecule has 0 unspecified atom stereocenters. The van der Waals surface area contributed by atoms with Crippen LogP contribution in [0.4, 0.5) is 0 Å². The number of aryl methyl sites for hydroxylation is 1. The molecule has 0 aliphatic heterocycles. The van der Waals surface area contributed by atoms with Crippen molar-refractivity contribution in [3.8, 4) is 0 Å². The molecule has 0 bridgehead atoms. The van der Waals surface area contributed by atoms with E-state index in [1.165, 1.54) is 30.6 Å². The Morgan fingerprint density at radius 3 is 2.75 bits per heavy atom. The molecular weight excluding hydrogens is 216 g/mol. The zero-order chi connectivity index (χ0) is 11.4. The van der Waals surface area contributed by atoms with E-state index in [-0.39, 0.29) is 5.78 Å². The van der Waals surface area contributed by atoms with Crippen LogP contribution in [0.3, 0.4) is 0 Å². The van der Waals surface area contributed by atoms with Crippen molar-refractivity contribution in [2.24, 2.45) is 0 Å². The van der Waals surface area contributed by atoms with Crippen molar-refractivity contribution >= 4 is 17.1 Å². The Kier molecular flexibility index (Phi) is 3.94. The van der Waals surface area contributed by atoms with E-state index in [4.69, 9.17) is 0 Å². The highest BCUT2D eigenvalue weighted by Gasteiger charge is 2.14. The molecule has 86 valence electrons. The molecule has 0 saturated carbocycles. The van der Waals surface area contributed by atoms with E-state index in [0.717, 1.165) is 23.3 Å². The number of hydrogen-bond donors (Lipinski definition) is 0. The monoisotopic (exact) mass is 234 g/mol. The molecule has 0 amide bonds. The summed E-state index contributed by atoms with van der Waals surface area (Å²) in [4.78, 5) is 14.3. The van der Waals surface area contributed by atoms with Gasteiger partial charge in [-0.1, -0.05) is 18.9 Å². The van der Waals surface area contributed by atoms with E-state index >= 15 is 0 Å². The fourth-order valence-corrected chi connectivity index (χ4v) is 2.96. The number of thiophene rings is 1. The van der Waals surface area contributed by atoms with Gasteiger partial charge >= 0.3 is 0 Å². The van der Waals surface area contributed by atoms with E-state index in [9.17, 15) is 4.79 Å². The predicted molar refractivity (Wildman–Crippen MR) is 69.2 cm³/mol. The third-order valence-electron chi connectivity index (χ3n) is 3.05. The molecule has 1 aromatic rings. The number of Topliss-reactive ketones (excluding diaryl/α,β-unsaturated/α-hetero) is 1. The van der Waals surface area contributed by atoms with Crippen molar-refractivity contribution in [1.82, 2.24) is 0 Å². The average molecular weight is 234 g/mol. The molecule has 1 aliphatic rings. The summed E-state index contributed by atoms with van der Waals surface area (Å²) in [6, 6.07) is 3.99. The summed E-state index contributed by atoms with van der Waals surface area (Å²) in [5.74, 6) is 0.264. The van der Waals surface area contributed by atoms with Crippen LogP contribution in [0.15, 0.2) is 23.8 Å². The Hall–Kier alpha value is -0.890. The van der Waals surface area contributed by atoms with Crippen molar-refractivity contribution in [3.63, 3.8) is 0 Å². The summed E-state index contributed by atoms with van der Waals surface area (Å²) in [5, 5.41) is 0. The molecule has 0 saturated heterocycles. The van der Waals surface area contributed by atoms with Crippen LogP contribution in [-0.2, 0) is 0 Å². The second kappa shape index (κ2) is 5.44. The zero-order valence-electron chi connectivity index (χ0n) is 9.79. The highest BCUT2D eigenvalue weighted by molar-refractivity contribution is 7.14. The number of hydrogen-bond acceptors (Lipinski definition) is 2. The molecule has 1 aliphatic carbocycles. The van der Waals surface area contributed by atoms with Crippen LogP contribution in [-0.4, -0.2) is 5.78 Å². The quantitative estimate of drug-likeness (QED) is 0.688. The van der Waals surface area contributed by atoms with Crippen molar-refractivity contribution in [1.29, 1.82) is 0 Å². The molecule has 16 heavy (non-hydrogen) atoms. The minimum atomic E-state index is 0.264. The van der Waals surface area contributed by atoms with Gasteiger partial charge in [-0.3, -0.25) is 4.79 Å². The maximum atomic E-state index is 12.2. The number of carbonyl (C=O) groups excluding carboxylic acids is 1. The first-order chi connectivity index (χ1) is 7.77. The zero-order valence-corrected chi connectivity index (χ0v) is 10.6.